The first-order valence-electron chi connectivity index (χ1n) is 3.47. The van der Waals surface area contributed by atoms with Crippen LogP contribution in [0.5, 0.6) is 0 Å². The van der Waals surface area contributed by atoms with Gasteiger partial charge in [0.25, 0.3) is 0 Å². The number of nitrogens with one attached hydrogen (secondary N) is 1. The lowest BCUT2D eigenvalue weighted by molar-refractivity contribution is -0.129. The van der Waals surface area contributed by atoms with Crippen molar-refractivity contribution in [3.05, 3.63) is 12.3 Å². The minimum atomic E-state index is 0.157. The lowest BCUT2D eigenvalue weighted by Gasteiger charge is -2.23. The Hall–Kier alpha value is -0.830. The summed E-state index contributed by atoms with van der Waals surface area (Å²) >= 11 is 0. The number of hydrogen-bond donors (Lipinski definition) is 1. The van der Waals surface area contributed by atoms with E-state index in [2.05, 4.69) is 5.32 Å². The van der Waals surface area contributed by atoms with Crippen LogP contribution in [0.3, 0.4) is 0 Å². The summed E-state index contributed by atoms with van der Waals surface area (Å²) in [5.41, 5.74) is 0. The monoisotopic (exact) mass is 140 g/mol. The average molecular weight is 140 g/mol. The number of amides is 1. The van der Waals surface area contributed by atoms with E-state index in [9.17, 15) is 4.79 Å². The second-order valence-corrected chi connectivity index (χ2v) is 2.25. The van der Waals surface area contributed by atoms with Gasteiger partial charge in [0.15, 0.2) is 0 Å². The number of piperazine rings is 1. The third-order valence-corrected chi connectivity index (χ3v) is 1.46. The first-order valence-corrected chi connectivity index (χ1v) is 3.47. The molecule has 0 radical (unpaired) electrons. The van der Waals surface area contributed by atoms with E-state index < -0.39 is 0 Å². The third-order valence-electron chi connectivity index (χ3n) is 1.46. The summed E-state index contributed by atoms with van der Waals surface area (Å²) in [5.74, 6) is 0.157. The van der Waals surface area contributed by atoms with E-state index in [-0.39, 0.29) is 5.91 Å². The van der Waals surface area contributed by atoms with Gasteiger partial charge >= 0.3 is 0 Å². The number of carbonyl (C=O) groups is 1. The molecule has 0 unspecified atom stereocenters. The van der Waals surface area contributed by atoms with Gasteiger partial charge in [-0.3, -0.25) is 4.79 Å². The Balaban J connectivity index is 2.48. The molecule has 1 aliphatic heterocycles. The molecule has 1 amide bonds. The lowest BCUT2D eigenvalue weighted by Crippen LogP contribution is -2.45. The zero-order valence-corrected chi connectivity index (χ0v) is 6.13. The van der Waals surface area contributed by atoms with Crippen LogP contribution in [0.2, 0.25) is 0 Å². The molecule has 0 atom stereocenters. The topological polar surface area (TPSA) is 32.3 Å². The van der Waals surface area contributed by atoms with Crippen LogP contribution in [0.4, 0.5) is 0 Å². The van der Waals surface area contributed by atoms with E-state index in [1.807, 2.05) is 19.2 Å². The second kappa shape index (κ2) is 3.37. The highest BCUT2D eigenvalue weighted by atomic mass is 16.2. The Labute approximate surface area is 60.7 Å². The van der Waals surface area contributed by atoms with Gasteiger partial charge in [-0.2, -0.15) is 0 Å². The zero-order chi connectivity index (χ0) is 7.40. The van der Waals surface area contributed by atoms with Crippen LogP contribution in [0, 0.1) is 0 Å². The van der Waals surface area contributed by atoms with Crippen molar-refractivity contribution in [2.75, 3.05) is 19.6 Å². The van der Waals surface area contributed by atoms with Crippen molar-refractivity contribution < 1.29 is 4.79 Å². The van der Waals surface area contributed by atoms with Crippen LogP contribution in [-0.2, 0) is 4.79 Å². The van der Waals surface area contributed by atoms with Crippen LogP contribution >= 0.6 is 0 Å². The van der Waals surface area contributed by atoms with E-state index in [1.54, 1.807) is 4.90 Å². The highest BCUT2D eigenvalue weighted by Crippen LogP contribution is 1.94. The maximum Gasteiger partial charge on any atom is 0.240 e. The van der Waals surface area contributed by atoms with Crippen molar-refractivity contribution in [2.24, 2.45) is 0 Å². The molecule has 1 saturated heterocycles. The maximum atomic E-state index is 11.0. The fraction of sp³-hybridized carbons (Fsp3) is 0.571. The quantitative estimate of drug-likeness (QED) is 0.554. The summed E-state index contributed by atoms with van der Waals surface area (Å²) in [7, 11) is 0. The van der Waals surface area contributed by atoms with E-state index in [0.29, 0.717) is 6.54 Å². The molecule has 0 spiro atoms. The van der Waals surface area contributed by atoms with Crippen LogP contribution in [0.15, 0.2) is 12.3 Å². The van der Waals surface area contributed by atoms with Gasteiger partial charge in [-0.15, -0.1) is 0 Å². The first-order chi connectivity index (χ1) is 4.84. The van der Waals surface area contributed by atoms with Crippen LogP contribution in [0.25, 0.3) is 0 Å². The SMILES string of the molecule is CC=CN1CCNCC1=O. The first kappa shape index (κ1) is 7.28. The van der Waals surface area contributed by atoms with Crippen molar-refractivity contribution in [2.45, 2.75) is 6.92 Å². The molecular formula is C7H12N2O. The standard InChI is InChI=1S/C7H12N2O/c1-2-4-9-5-3-8-6-7(9)10/h2,4,8H,3,5-6H2,1H3. The van der Waals surface area contributed by atoms with Crippen molar-refractivity contribution in [1.82, 2.24) is 10.2 Å². The minimum absolute atomic E-state index is 0.157. The molecule has 56 valence electrons. The minimum Gasteiger partial charge on any atom is -0.317 e. The molecule has 1 rings (SSSR count). The van der Waals surface area contributed by atoms with Crippen molar-refractivity contribution >= 4 is 5.91 Å². The van der Waals surface area contributed by atoms with Gasteiger partial charge in [-0.05, 0) is 6.92 Å². The molecule has 0 aromatic rings. The predicted octanol–water partition coefficient (Wildman–Crippen LogP) is -0.0482. The fourth-order valence-corrected chi connectivity index (χ4v) is 0.959. The molecule has 0 bridgehead atoms. The lowest BCUT2D eigenvalue weighted by atomic mass is 10.4. The summed E-state index contributed by atoms with van der Waals surface area (Å²) < 4.78 is 0. The summed E-state index contributed by atoms with van der Waals surface area (Å²) in [5, 5.41) is 3.00. The number of rotatable bonds is 1. The summed E-state index contributed by atoms with van der Waals surface area (Å²) in [6.45, 7) is 4.08. The van der Waals surface area contributed by atoms with Gasteiger partial charge in [-0.1, -0.05) is 6.08 Å². The molecule has 10 heavy (non-hydrogen) atoms. The molecule has 3 nitrogen and oxygen atoms in total. The zero-order valence-electron chi connectivity index (χ0n) is 6.13. The van der Waals surface area contributed by atoms with Gasteiger partial charge in [0.1, 0.15) is 0 Å². The molecule has 1 heterocycles. The Kier molecular flexibility index (Phi) is 2.45. The highest BCUT2D eigenvalue weighted by molar-refractivity contribution is 5.79. The van der Waals surface area contributed by atoms with E-state index >= 15 is 0 Å². The van der Waals surface area contributed by atoms with Gasteiger partial charge < -0.3 is 10.2 Å². The molecule has 0 aliphatic carbocycles. The van der Waals surface area contributed by atoms with Gasteiger partial charge in [0.2, 0.25) is 5.91 Å². The molecule has 1 fully saturated rings. The average Bonchev–Trinajstić information content (AvgIpc) is 1.94. The van der Waals surface area contributed by atoms with Gasteiger partial charge in [-0.25, -0.2) is 0 Å². The van der Waals surface area contributed by atoms with Gasteiger partial charge in [0.05, 0.1) is 6.54 Å². The summed E-state index contributed by atoms with van der Waals surface area (Å²) in [4.78, 5) is 12.7. The number of carbonyl (C=O) groups excluding carboxylic acids is 1. The fourth-order valence-electron chi connectivity index (χ4n) is 0.959. The van der Waals surface area contributed by atoms with Crippen molar-refractivity contribution in [1.29, 1.82) is 0 Å². The number of allylic oxidation sites excluding steroid dienone is 1. The Bertz CT molecular complexity index is 154. The van der Waals surface area contributed by atoms with E-state index in [1.165, 1.54) is 0 Å². The maximum absolute atomic E-state index is 11.0. The largest absolute Gasteiger partial charge is 0.317 e. The molecule has 1 N–H and O–H groups in total. The molecular weight excluding hydrogens is 128 g/mol. The van der Waals surface area contributed by atoms with Crippen molar-refractivity contribution in [3.63, 3.8) is 0 Å². The normalized spacial score (nSPS) is 20.5. The predicted molar refractivity (Wildman–Crippen MR) is 39.4 cm³/mol. The molecule has 0 aromatic carbocycles. The molecule has 3 heteroatoms. The molecule has 1 aliphatic rings. The Morgan fingerprint density at radius 3 is 3.10 bits per heavy atom. The second-order valence-electron chi connectivity index (χ2n) is 2.25. The molecule has 0 saturated carbocycles. The van der Waals surface area contributed by atoms with Crippen LogP contribution < -0.4 is 5.32 Å². The Morgan fingerprint density at radius 1 is 1.70 bits per heavy atom. The van der Waals surface area contributed by atoms with E-state index in [0.717, 1.165) is 13.1 Å². The van der Waals surface area contributed by atoms with E-state index in [4.69, 9.17) is 0 Å². The summed E-state index contributed by atoms with van der Waals surface area (Å²) in [6.07, 6.45) is 3.70. The third kappa shape index (κ3) is 1.57. The molecule has 0 aromatic heterocycles. The number of hydrogen-bond acceptors (Lipinski definition) is 2. The Morgan fingerprint density at radius 2 is 2.50 bits per heavy atom. The number of nitrogens with zero attached hydrogens (tertiary/aromatic N) is 1. The van der Waals surface area contributed by atoms with Crippen LogP contribution in [-0.4, -0.2) is 30.4 Å². The van der Waals surface area contributed by atoms with Crippen LogP contribution in [0.1, 0.15) is 6.92 Å². The van der Waals surface area contributed by atoms with Gasteiger partial charge in [0, 0.05) is 19.3 Å². The van der Waals surface area contributed by atoms with Crippen molar-refractivity contribution in [3.8, 4) is 0 Å². The smallest absolute Gasteiger partial charge is 0.240 e. The summed E-state index contributed by atoms with van der Waals surface area (Å²) in [6, 6.07) is 0. The highest BCUT2D eigenvalue weighted by Gasteiger charge is 2.13.